The van der Waals surface area contributed by atoms with E-state index in [1.807, 2.05) is 6.20 Å². The highest BCUT2D eigenvalue weighted by Gasteiger charge is 2.27. The zero-order valence-corrected chi connectivity index (χ0v) is 11.8. The van der Waals surface area contributed by atoms with Gasteiger partial charge in [-0.1, -0.05) is 33.1 Å². The van der Waals surface area contributed by atoms with Crippen LogP contribution in [0.2, 0.25) is 0 Å². The predicted molar refractivity (Wildman–Crippen MR) is 75.2 cm³/mol. The molecule has 1 saturated carbocycles. The van der Waals surface area contributed by atoms with Gasteiger partial charge in [-0.05, 0) is 37.2 Å². The molecule has 1 aromatic rings. The highest BCUT2D eigenvalue weighted by atomic mass is 15.3. The maximum atomic E-state index is 6.47. The summed E-state index contributed by atoms with van der Waals surface area (Å²) >= 11 is 0. The highest BCUT2D eigenvalue weighted by molar-refractivity contribution is 5.08. The second kappa shape index (κ2) is 6.37. The van der Waals surface area contributed by atoms with Gasteiger partial charge in [-0.3, -0.25) is 4.68 Å². The molecule has 0 aromatic carbocycles. The molecule has 0 amide bonds. The van der Waals surface area contributed by atoms with Crippen LogP contribution in [0.5, 0.6) is 0 Å². The Morgan fingerprint density at radius 3 is 2.67 bits per heavy atom. The number of rotatable bonds is 5. The Morgan fingerprint density at radius 1 is 1.33 bits per heavy atom. The van der Waals surface area contributed by atoms with E-state index in [4.69, 9.17) is 5.73 Å². The lowest BCUT2D eigenvalue weighted by atomic mass is 9.77. The van der Waals surface area contributed by atoms with Crippen LogP contribution in [-0.2, 0) is 6.54 Å². The number of hydrogen-bond donors (Lipinski definition) is 1. The molecular weight excluding hydrogens is 222 g/mol. The minimum atomic E-state index is 0.178. The molecule has 1 aliphatic rings. The van der Waals surface area contributed by atoms with Gasteiger partial charge in [-0.25, -0.2) is 0 Å². The van der Waals surface area contributed by atoms with Gasteiger partial charge in [0.25, 0.3) is 0 Å². The van der Waals surface area contributed by atoms with Crippen molar-refractivity contribution in [3.63, 3.8) is 0 Å². The Balaban J connectivity index is 1.98. The third kappa shape index (κ3) is 2.94. The summed E-state index contributed by atoms with van der Waals surface area (Å²) in [5.41, 5.74) is 7.70. The van der Waals surface area contributed by atoms with Crippen LogP contribution in [0, 0.1) is 11.8 Å². The quantitative estimate of drug-likeness (QED) is 0.868. The summed E-state index contributed by atoms with van der Waals surface area (Å²) in [5.74, 6) is 1.59. The lowest BCUT2D eigenvalue weighted by molar-refractivity contribution is 0.234. The van der Waals surface area contributed by atoms with E-state index in [-0.39, 0.29) is 6.04 Å². The van der Waals surface area contributed by atoms with E-state index in [1.165, 1.54) is 37.8 Å². The van der Waals surface area contributed by atoms with Crippen LogP contribution in [0.1, 0.15) is 64.1 Å². The Morgan fingerprint density at radius 2 is 2.06 bits per heavy atom. The van der Waals surface area contributed by atoms with Gasteiger partial charge in [0.2, 0.25) is 0 Å². The summed E-state index contributed by atoms with van der Waals surface area (Å²) in [6, 6.07) is 2.28. The van der Waals surface area contributed by atoms with Crippen molar-refractivity contribution in [2.45, 2.75) is 65.0 Å². The molecule has 2 rings (SSSR count). The molecule has 0 saturated heterocycles. The van der Waals surface area contributed by atoms with Crippen molar-refractivity contribution < 1.29 is 0 Å². The molecular formula is C15H27N3. The van der Waals surface area contributed by atoms with Crippen molar-refractivity contribution in [2.24, 2.45) is 17.6 Å². The zero-order valence-electron chi connectivity index (χ0n) is 11.8. The molecule has 102 valence electrons. The molecule has 0 aliphatic heterocycles. The summed E-state index contributed by atoms with van der Waals surface area (Å²) in [7, 11) is 0. The van der Waals surface area contributed by atoms with Gasteiger partial charge in [0.05, 0.1) is 5.69 Å². The number of nitrogens with zero attached hydrogens (tertiary/aromatic N) is 2. The molecule has 0 spiro atoms. The van der Waals surface area contributed by atoms with Crippen molar-refractivity contribution >= 4 is 0 Å². The maximum Gasteiger partial charge on any atom is 0.0554 e. The van der Waals surface area contributed by atoms with Gasteiger partial charge < -0.3 is 5.73 Å². The SMILES string of the molecule is CCCn1nccc1C(N)C1CCC(CC)CC1. The second-order valence-corrected chi connectivity index (χ2v) is 5.69. The van der Waals surface area contributed by atoms with E-state index in [9.17, 15) is 0 Å². The summed E-state index contributed by atoms with van der Waals surface area (Å²) in [5, 5.41) is 4.39. The Labute approximate surface area is 111 Å². The van der Waals surface area contributed by atoms with Crippen LogP contribution >= 0.6 is 0 Å². The monoisotopic (exact) mass is 249 g/mol. The van der Waals surface area contributed by atoms with Gasteiger partial charge in [-0.2, -0.15) is 5.10 Å². The van der Waals surface area contributed by atoms with Crippen LogP contribution in [0.25, 0.3) is 0 Å². The van der Waals surface area contributed by atoms with E-state index >= 15 is 0 Å². The third-order valence-corrected chi connectivity index (χ3v) is 4.50. The smallest absolute Gasteiger partial charge is 0.0554 e. The lowest BCUT2D eigenvalue weighted by Gasteiger charge is -2.32. The number of hydrogen-bond acceptors (Lipinski definition) is 2. The van der Waals surface area contributed by atoms with Crippen LogP contribution in [0.4, 0.5) is 0 Å². The van der Waals surface area contributed by atoms with E-state index in [1.54, 1.807) is 0 Å². The summed E-state index contributed by atoms with van der Waals surface area (Å²) in [4.78, 5) is 0. The molecule has 3 nitrogen and oxygen atoms in total. The van der Waals surface area contributed by atoms with Gasteiger partial charge in [0.15, 0.2) is 0 Å². The van der Waals surface area contributed by atoms with E-state index in [0.29, 0.717) is 5.92 Å². The fourth-order valence-corrected chi connectivity index (χ4v) is 3.22. The molecule has 3 heteroatoms. The summed E-state index contributed by atoms with van der Waals surface area (Å²) in [6.07, 6.45) is 9.63. The Bertz CT molecular complexity index is 350. The molecule has 1 atom stereocenters. The van der Waals surface area contributed by atoms with Gasteiger partial charge >= 0.3 is 0 Å². The molecule has 18 heavy (non-hydrogen) atoms. The second-order valence-electron chi connectivity index (χ2n) is 5.69. The van der Waals surface area contributed by atoms with Crippen LogP contribution in [0.3, 0.4) is 0 Å². The molecule has 2 N–H and O–H groups in total. The normalized spacial score (nSPS) is 26.2. The van der Waals surface area contributed by atoms with Crippen molar-refractivity contribution in [1.82, 2.24) is 9.78 Å². The van der Waals surface area contributed by atoms with Crippen LogP contribution < -0.4 is 5.73 Å². The molecule has 0 radical (unpaired) electrons. The van der Waals surface area contributed by atoms with Crippen LogP contribution in [0.15, 0.2) is 12.3 Å². The molecule has 1 aliphatic carbocycles. The zero-order chi connectivity index (χ0) is 13.0. The van der Waals surface area contributed by atoms with Crippen molar-refractivity contribution in [2.75, 3.05) is 0 Å². The van der Waals surface area contributed by atoms with Crippen molar-refractivity contribution in [3.05, 3.63) is 18.0 Å². The predicted octanol–water partition coefficient (Wildman–Crippen LogP) is 3.51. The number of aromatic nitrogens is 2. The van der Waals surface area contributed by atoms with Crippen molar-refractivity contribution in [1.29, 1.82) is 0 Å². The minimum absolute atomic E-state index is 0.178. The van der Waals surface area contributed by atoms with E-state index in [2.05, 4.69) is 29.7 Å². The molecule has 0 bridgehead atoms. The number of nitrogens with two attached hydrogens (primary N) is 1. The first-order valence-electron chi connectivity index (χ1n) is 7.53. The fourth-order valence-electron chi connectivity index (χ4n) is 3.22. The average molecular weight is 249 g/mol. The maximum absolute atomic E-state index is 6.47. The largest absolute Gasteiger partial charge is 0.322 e. The van der Waals surface area contributed by atoms with E-state index < -0.39 is 0 Å². The topological polar surface area (TPSA) is 43.8 Å². The first kappa shape index (κ1) is 13.6. The Kier molecular flexibility index (Phi) is 4.81. The van der Waals surface area contributed by atoms with Crippen LogP contribution in [-0.4, -0.2) is 9.78 Å². The van der Waals surface area contributed by atoms with Gasteiger partial charge in [0, 0.05) is 18.8 Å². The van der Waals surface area contributed by atoms with Crippen molar-refractivity contribution in [3.8, 4) is 0 Å². The molecule has 1 unspecified atom stereocenters. The van der Waals surface area contributed by atoms with Gasteiger partial charge in [0.1, 0.15) is 0 Å². The van der Waals surface area contributed by atoms with Gasteiger partial charge in [-0.15, -0.1) is 0 Å². The molecule has 1 heterocycles. The summed E-state index contributed by atoms with van der Waals surface area (Å²) in [6.45, 7) is 5.48. The first-order valence-corrected chi connectivity index (χ1v) is 7.53. The Hall–Kier alpha value is -0.830. The first-order chi connectivity index (χ1) is 8.76. The molecule has 1 fully saturated rings. The average Bonchev–Trinajstić information content (AvgIpc) is 2.87. The fraction of sp³-hybridized carbons (Fsp3) is 0.800. The lowest BCUT2D eigenvalue weighted by Crippen LogP contribution is -2.28. The number of aryl methyl sites for hydroxylation is 1. The highest BCUT2D eigenvalue weighted by Crippen LogP contribution is 2.36. The summed E-state index contributed by atoms with van der Waals surface area (Å²) < 4.78 is 2.09. The molecule has 1 aromatic heterocycles. The standard InChI is InChI=1S/C15H27N3/c1-3-11-18-14(9-10-17-18)15(16)13-7-5-12(4-2)6-8-13/h9-10,12-13,15H,3-8,11,16H2,1-2H3. The minimum Gasteiger partial charge on any atom is -0.322 e. The third-order valence-electron chi connectivity index (χ3n) is 4.50. The van der Waals surface area contributed by atoms with E-state index in [0.717, 1.165) is 18.9 Å².